The summed E-state index contributed by atoms with van der Waals surface area (Å²) in [5.41, 5.74) is 4.07. The maximum Gasteiger partial charge on any atom is 0.226 e. The monoisotopic (exact) mass is 323 g/mol. The summed E-state index contributed by atoms with van der Waals surface area (Å²) in [6, 6.07) is 13.8. The first-order chi connectivity index (χ1) is 11.7. The molecular weight excluding hydrogens is 302 g/mol. The molecule has 0 unspecified atom stereocenters. The standard InChI is InChI=1S/C19H21N3O2/c1-14-5-3-7-16-12-20-22(19(14)16)10-9-18(23)21-17-8-4-6-15(11-17)13-24-2/h3-8,11-12H,9-10,13H2,1-2H3,(H,21,23). The fourth-order valence-corrected chi connectivity index (χ4v) is 2.83. The van der Waals surface area contributed by atoms with E-state index in [0.29, 0.717) is 19.6 Å². The van der Waals surface area contributed by atoms with Crippen molar-refractivity contribution in [3.8, 4) is 0 Å². The summed E-state index contributed by atoms with van der Waals surface area (Å²) in [5, 5.41) is 8.42. The van der Waals surface area contributed by atoms with Crippen LogP contribution in [-0.4, -0.2) is 22.8 Å². The van der Waals surface area contributed by atoms with Crippen LogP contribution < -0.4 is 5.32 Å². The van der Waals surface area contributed by atoms with Crippen LogP contribution in [0, 0.1) is 6.92 Å². The Morgan fingerprint density at radius 1 is 1.25 bits per heavy atom. The van der Waals surface area contributed by atoms with E-state index in [0.717, 1.165) is 27.7 Å². The van der Waals surface area contributed by atoms with Gasteiger partial charge in [-0.25, -0.2) is 0 Å². The van der Waals surface area contributed by atoms with E-state index in [-0.39, 0.29) is 5.91 Å². The molecule has 0 saturated heterocycles. The van der Waals surface area contributed by atoms with E-state index in [1.807, 2.05) is 47.3 Å². The molecule has 0 atom stereocenters. The van der Waals surface area contributed by atoms with Gasteiger partial charge in [-0.2, -0.15) is 5.10 Å². The number of hydrogen-bond donors (Lipinski definition) is 1. The molecule has 124 valence electrons. The minimum absolute atomic E-state index is 0.0261. The molecule has 0 radical (unpaired) electrons. The van der Waals surface area contributed by atoms with Crippen LogP contribution >= 0.6 is 0 Å². The van der Waals surface area contributed by atoms with Crippen molar-refractivity contribution < 1.29 is 9.53 Å². The number of carbonyl (C=O) groups is 1. The van der Waals surface area contributed by atoms with Gasteiger partial charge >= 0.3 is 0 Å². The minimum Gasteiger partial charge on any atom is -0.380 e. The number of anilines is 1. The fraction of sp³-hybridized carbons (Fsp3) is 0.263. The normalized spacial score (nSPS) is 10.9. The SMILES string of the molecule is COCc1cccc(NC(=O)CCn2ncc3cccc(C)c32)c1. The Balaban J connectivity index is 1.64. The number of para-hydroxylation sites is 1. The van der Waals surface area contributed by atoms with Crippen molar-refractivity contribution in [1.82, 2.24) is 9.78 Å². The predicted octanol–water partition coefficient (Wildman–Crippen LogP) is 3.52. The predicted molar refractivity (Wildman–Crippen MR) is 94.9 cm³/mol. The zero-order valence-electron chi connectivity index (χ0n) is 14.0. The van der Waals surface area contributed by atoms with Gasteiger partial charge in [0.05, 0.1) is 24.9 Å². The Morgan fingerprint density at radius 2 is 2.08 bits per heavy atom. The molecule has 5 nitrogen and oxygen atoms in total. The lowest BCUT2D eigenvalue weighted by atomic mass is 10.2. The number of rotatable bonds is 6. The van der Waals surface area contributed by atoms with Crippen LogP contribution in [0.5, 0.6) is 0 Å². The van der Waals surface area contributed by atoms with E-state index >= 15 is 0 Å². The lowest BCUT2D eigenvalue weighted by molar-refractivity contribution is -0.116. The molecule has 0 fully saturated rings. The van der Waals surface area contributed by atoms with E-state index < -0.39 is 0 Å². The van der Waals surface area contributed by atoms with E-state index in [1.165, 1.54) is 0 Å². The summed E-state index contributed by atoms with van der Waals surface area (Å²) in [6.45, 7) is 3.14. The van der Waals surface area contributed by atoms with Crippen molar-refractivity contribution in [2.24, 2.45) is 0 Å². The highest BCUT2D eigenvalue weighted by atomic mass is 16.5. The maximum absolute atomic E-state index is 12.2. The molecule has 2 aromatic carbocycles. The van der Waals surface area contributed by atoms with Crippen LogP contribution in [0.3, 0.4) is 0 Å². The Labute approximate surface area is 141 Å². The van der Waals surface area contributed by atoms with Crippen LogP contribution in [0.2, 0.25) is 0 Å². The molecule has 3 rings (SSSR count). The quantitative estimate of drug-likeness (QED) is 0.755. The molecule has 0 aliphatic rings. The van der Waals surface area contributed by atoms with Crippen molar-refractivity contribution in [3.05, 3.63) is 59.8 Å². The Hall–Kier alpha value is -2.66. The number of benzene rings is 2. The maximum atomic E-state index is 12.2. The first-order valence-corrected chi connectivity index (χ1v) is 7.96. The smallest absolute Gasteiger partial charge is 0.226 e. The average molecular weight is 323 g/mol. The van der Waals surface area contributed by atoms with Crippen molar-refractivity contribution >= 4 is 22.5 Å². The number of hydrogen-bond acceptors (Lipinski definition) is 3. The Kier molecular flexibility index (Phi) is 4.91. The van der Waals surface area contributed by atoms with Crippen molar-refractivity contribution in [1.29, 1.82) is 0 Å². The molecule has 0 aliphatic heterocycles. The number of nitrogens with one attached hydrogen (secondary N) is 1. The van der Waals surface area contributed by atoms with Crippen molar-refractivity contribution in [3.63, 3.8) is 0 Å². The van der Waals surface area contributed by atoms with Crippen LogP contribution in [0.4, 0.5) is 5.69 Å². The Morgan fingerprint density at radius 3 is 2.92 bits per heavy atom. The molecule has 1 amide bonds. The molecule has 0 aliphatic carbocycles. The molecule has 5 heteroatoms. The molecule has 1 heterocycles. The van der Waals surface area contributed by atoms with Gasteiger partial charge in [0, 0.05) is 24.6 Å². The van der Waals surface area contributed by atoms with Gasteiger partial charge in [-0.15, -0.1) is 0 Å². The third kappa shape index (κ3) is 3.63. The van der Waals surface area contributed by atoms with E-state index in [9.17, 15) is 4.79 Å². The summed E-state index contributed by atoms with van der Waals surface area (Å²) in [7, 11) is 1.65. The number of fused-ring (bicyclic) bond motifs is 1. The highest BCUT2D eigenvalue weighted by molar-refractivity contribution is 5.91. The highest BCUT2D eigenvalue weighted by Crippen LogP contribution is 2.18. The second kappa shape index (κ2) is 7.27. The van der Waals surface area contributed by atoms with Crippen LogP contribution in [-0.2, 0) is 22.7 Å². The van der Waals surface area contributed by atoms with Gasteiger partial charge in [-0.1, -0.05) is 30.3 Å². The molecule has 24 heavy (non-hydrogen) atoms. The molecule has 0 bridgehead atoms. The third-order valence-corrected chi connectivity index (χ3v) is 3.94. The van der Waals surface area contributed by atoms with Gasteiger partial charge in [0.2, 0.25) is 5.91 Å². The van der Waals surface area contributed by atoms with Gasteiger partial charge in [-0.05, 0) is 30.2 Å². The van der Waals surface area contributed by atoms with Crippen LogP contribution in [0.1, 0.15) is 17.5 Å². The number of amides is 1. The summed E-state index contributed by atoms with van der Waals surface area (Å²) in [5.74, 6) is -0.0261. The number of methoxy groups -OCH3 is 1. The number of ether oxygens (including phenoxy) is 1. The number of aryl methyl sites for hydroxylation is 2. The largest absolute Gasteiger partial charge is 0.380 e. The fourth-order valence-electron chi connectivity index (χ4n) is 2.83. The first-order valence-electron chi connectivity index (χ1n) is 7.96. The van der Waals surface area contributed by atoms with Gasteiger partial charge < -0.3 is 10.1 Å². The first kappa shape index (κ1) is 16.2. The number of nitrogens with zero attached hydrogens (tertiary/aromatic N) is 2. The Bertz CT molecular complexity index is 855. The average Bonchev–Trinajstić information content (AvgIpc) is 2.98. The van der Waals surface area contributed by atoms with Gasteiger partial charge in [0.1, 0.15) is 0 Å². The van der Waals surface area contributed by atoms with Crippen LogP contribution in [0.25, 0.3) is 10.9 Å². The molecule has 0 spiro atoms. The lowest BCUT2D eigenvalue weighted by Gasteiger charge is -2.08. The van der Waals surface area contributed by atoms with E-state index in [2.05, 4.69) is 23.4 Å². The van der Waals surface area contributed by atoms with Crippen molar-refractivity contribution in [2.45, 2.75) is 26.5 Å². The lowest BCUT2D eigenvalue weighted by Crippen LogP contribution is -2.15. The summed E-state index contributed by atoms with van der Waals surface area (Å²) >= 11 is 0. The molecule has 1 N–H and O–H groups in total. The summed E-state index contributed by atoms with van der Waals surface area (Å²) in [4.78, 5) is 12.2. The van der Waals surface area contributed by atoms with Gasteiger partial charge in [0.15, 0.2) is 0 Å². The van der Waals surface area contributed by atoms with Crippen molar-refractivity contribution in [2.75, 3.05) is 12.4 Å². The highest BCUT2D eigenvalue weighted by Gasteiger charge is 2.08. The second-order valence-corrected chi connectivity index (χ2v) is 5.81. The summed E-state index contributed by atoms with van der Waals surface area (Å²) in [6.07, 6.45) is 2.22. The molecule has 1 aromatic heterocycles. The third-order valence-electron chi connectivity index (χ3n) is 3.94. The zero-order chi connectivity index (χ0) is 16.9. The number of carbonyl (C=O) groups excluding carboxylic acids is 1. The molecule has 0 saturated carbocycles. The zero-order valence-corrected chi connectivity index (χ0v) is 14.0. The minimum atomic E-state index is -0.0261. The number of aromatic nitrogens is 2. The summed E-state index contributed by atoms with van der Waals surface area (Å²) < 4.78 is 7.01. The topological polar surface area (TPSA) is 56.1 Å². The van der Waals surface area contributed by atoms with E-state index in [1.54, 1.807) is 7.11 Å². The second-order valence-electron chi connectivity index (χ2n) is 5.81. The van der Waals surface area contributed by atoms with Gasteiger partial charge in [0.25, 0.3) is 0 Å². The molecular formula is C19H21N3O2. The molecule has 3 aromatic rings. The van der Waals surface area contributed by atoms with E-state index in [4.69, 9.17) is 4.74 Å². The van der Waals surface area contributed by atoms with Crippen LogP contribution in [0.15, 0.2) is 48.7 Å². The van der Waals surface area contributed by atoms with Gasteiger partial charge in [-0.3, -0.25) is 9.48 Å².